The Bertz CT molecular complexity index is 360. The van der Waals surface area contributed by atoms with Crippen molar-refractivity contribution in [2.24, 2.45) is 5.41 Å². The predicted molar refractivity (Wildman–Crippen MR) is 67.8 cm³/mol. The third-order valence-electron chi connectivity index (χ3n) is 2.44. The molecule has 0 spiro atoms. The number of aromatic nitrogens is 1. The Labute approximate surface area is 100 Å². The summed E-state index contributed by atoms with van der Waals surface area (Å²) in [6, 6.07) is 0. The van der Waals surface area contributed by atoms with E-state index in [1.165, 1.54) is 0 Å². The molecule has 4 nitrogen and oxygen atoms in total. The zero-order valence-electron chi connectivity index (χ0n) is 10.3. The molecule has 0 fully saturated rings. The van der Waals surface area contributed by atoms with Gasteiger partial charge in [-0.1, -0.05) is 6.92 Å². The summed E-state index contributed by atoms with van der Waals surface area (Å²) in [5.41, 5.74) is 0.664. The fourth-order valence-corrected chi connectivity index (χ4v) is 2.06. The minimum atomic E-state index is -0.424. The first-order valence-electron chi connectivity index (χ1n) is 5.40. The summed E-state index contributed by atoms with van der Waals surface area (Å²) in [5, 5.41) is 8.78. The second-order valence-electron chi connectivity index (χ2n) is 4.31. The number of rotatable bonds is 5. The molecule has 0 aliphatic heterocycles. The SMILES string of the molecule is CCc1csc(NCC(C)(C)C(=O)NC)n1. The predicted octanol–water partition coefficient (Wildman–Crippen LogP) is 1.89. The highest BCUT2D eigenvalue weighted by Gasteiger charge is 2.26. The van der Waals surface area contributed by atoms with Gasteiger partial charge in [-0.15, -0.1) is 11.3 Å². The van der Waals surface area contributed by atoms with Crippen LogP contribution < -0.4 is 10.6 Å². The van der Waals surface area contributed by atoms with Crippen LogP contribution >= 0.6 is 11.3 Å². The lowest BCUT2D eigenvalue weighted by Crippen LogP contribution is -2.39. The van der Waals surface area contributed by atoms with Gasteiger partial charge in [0.25, 0.3) is 0 Å². The van der Waals surface area contributed by atoms with Gasteiger partial charge < -0.3 is 10.6 Å². The third kappa shape index (κ3) is 3.20. The Kier molecular flexibility index (Phi) is 4.29. The van der Waals surface area contributed by atoms with Crippen LogP contribution in [0, 0.1) is 5.41 Å². The Balaban J connectivity index is 2.53. The van der Waals surface area contributed by atoms with Gasteiger partial charge in [0, 0.05) is 19.0 Å². The first kappa shape index (κ1) is 13.0. The van der Waals surface area contributed by atoms with Crippen molar-refractivity contribution in [3.05, 3.63) is 11.1 Å². The number of thiazole rings is 1. The quantitative estimate of drug-likeness (QED) is 0.827. The van der Waals surface area contributed by atoms with Crippen LogP contribution in [0.3, 0.4) is 0 Å². The van der Waals surface area contributed by atoms with Gasteiger partial charge in [0.2, 0.25) is 5.91 Å². The molecule has 1 amide bonds. The van der Waals surface area contributed by atoms with E-state index in [4.69, 9.17) is 0 Å². The van der Waals surface area contributed by atoms with Gasteiger partial charge in [-0.3, -0.25) is 4.79 Å². The molecule has 1 aromatic rings. The molecule has 5 heteroatoms. The molecule has 0 atom stereocenters. The Morgan fingerprint density at radius 3 is 2.75 bits per heavy atom. The van der Waals surface area contributed by atoms with E-state index < -0.39 is 5.41 Å². The van der Waals surface area contributed by atoms with Crippen LogP contribution in [-0.2, 0) is 11.2 Å². The molecule has 90 valence electrons. The van der Waals surface area contributed by atoms with Gasteiger partial charge in [-0.2, -0.15) is 0 Å². The molecule has 0 unspecified atom stereocenters. The average Bonchev–Trinajstić information content (AvgIpc) is 2.73. The summed E-state index contributed by atoms with van der Waals surface area (Å²) >= 11 is 1.58. The van der Waals surface area contributed by atoms with Crippen molar-refractivity contribution in [2.45, 2.75) is 27.2 Å². The minimum Gasteiger partial charge on any atom is -0.360 e. The molecule has 0 bridgehead atoms. The fraction of sp³-hybridized carbons (Fsp3) is 0.636. The van der Waals surface area contributed by atoms with Crippen molar-refractivity contribution >= 4 is 22.4 Å². The van der Waals surface area contributed by atoms with E-state index in [1.54, 1.807) is 18.4 Å². The molecule has 0 radical (unpaired) electrons. The zero-order valence-corrected chi connectivity index (χ0v) is 11.1. The lowest BCUT2D eigenvalue weighted by Gasteiger charge is -2.22. The standard InChI is InChI=1S/C11H19N3OS/c1-5-8-6-16-10(14-8)13-7-11(2,3)9(15)12-4/h6H,5,7H2,1-4H3,(H,12,15)(H,13,14). The van der Waals surface area contributed by atoms with Crippen molar-refractivity contribution in [2.75, 3.05) is 18.9 Å². The molecule has 0 saturated carbocycles. The van der Waals surface area contributed by atoms with Gasteiger partial charge in [-0.25, -0.2) is 4.98 Å². The van der Waals surface area contributed by atoms with Crippen LogP contribution in [-0.4, -0.2) is 24.5 Å². The smallest absolute Gasteiger partial charge is 0.227 e. The summed E-state index contributed by atoms with van der Waals surface area (Å²) < 4.78 is 0. The summed E-state index contributed by atoms with van der Waals surface area (Å²) in [4.78, 5) is 15.9. The Hall–Kier alpha value is -1.10. The normalized spacial score (nSPS) is 11.2. The number of amides is 1. The lowest BCUT2D eigenvalue weighted by molar-refractivity contribution is -0.128. The number of nitrogens with one attached hydrogen (secondary N) is 2. The van der Waals surface area contributed by atoms with Gasteiger partial charge in [0.05, 0.1) is 11.1 Å². The van der Waals surface area contributed by atoms with E-state index in [0.29, 0.717) is 6.54 Å². The third-order valence-corrected chi connectivity index (χ3v) is 3.29. The molecular formula is C11H19N3OS. The monoisotopic (exact) mass is 241 g/mol. The molecule has 0 aliphatic rings. The first-order valence-corrected chi connectivity index (χ1v) is 6.28. The van der Waals surface area contributed by atoms with Crippen molar-refractivity contribution in [3.63, 3.8) is 0 Å². The maximum atomic E-state index is 11.5. The number of hydrogen-bond donors (Lipinski definition) is 2. The summed E-state index contributed by atoms with van der Waals surface area (Å²) in [5.74, 6) is 0.0345. The minimum absolute atomic E-state index is 0.0345. The van der Waals surface area contributed by atoms with Crippen LogP contribution in [0.25, 0.3) is 0 Å². The molecule has 0 aliphatic carbocycles. The maximum Gasteiger partial charge on any atom is 0.227 e. The molecule has 1 heterocycles. The van der Waals surface area contributed by atoms with E-state index in [1.807, 2.05) is 19.2 Å². The van der Waals surface area contributed by atoms with E-state index in [0.717, 1.165) is 17.2 Å². The summed E-state index contributed by atoms with van der Waals surface area (Å²) in [6.07, 6.45) is 0.941. The zero-order chi connectivity index (χ0) is 12.2. The average molecular weight is 241 g/mol. The lowest BCUT2D eigenvalue weighted by atomic mass is 9.92. The van der Waals surface area contributed by atoms with Crippen molar-refractivity contribution in [3.8, 4) is 0 Å². The highest BCUT2D eigenvalue weighted by molar-refractivity contribution is 7.13. The molecule has 0 aromatic carbocycles. The molecular weight excluding hydrogens is 222 g/mol. The van der Waals surface area contributed by atoms with Crippen molar-refractivity contribution in [1.82, 2.24) is 10.3 Å². The topological polar surface area (TPSA) is 54.0 Å². The van der Waals surface area contributed by atoms with Gasteiger partial charge in [0.1, 0.15) is 0 Å². The van der Waals surface area contributed by atoms with Crippen LogP contribution in [0.4, 0.5) is 5.13 Å². The number of carbonyl (C=O) groups is 1. The Morgan fingerprint density at radius 1 is 1.56 bits per heavy atom. The Morgan fingerprint density at radius 2 is 2.25 bits per heavy atom. The van der Waals surface area contributed by atoms with E-state index in [2.05, 4.69) is 22.5 Å². The van der Waals surface area contributed by atoms with Crippen LogP contribution in [0.5, 0.6) is 0 Å². The van der Waals surface area contributed by atoms with E-state index in [9.17, 15) is 4.79 Å². The molecule has 1 rings (SSSR count). The summed E-state index contributed by atoms with van der Waals surface area (Å²) in [7, 11) is 1.66. The van der Waals surface area contributed by atoms with Crippen molar-refractivity contribution in [1.29, 1.82) is 0 Å². The molecule has 1 aromatic heterocycles. The molecule has 16 heavy (non-hydrogen) atoms. The highest BCUT2D eigenvalue weighted by atomic mass is 32.1. The van der Waals surface area contributed by atoms with Gasteiger partial charge in [-0.05, 0) is 20.3 Å². The number of aryl methyl sites for hydroxylation is 1. The number of anilines is 1. The number of hydrogen-bond acceptors (Lipinski definition) is 4. The van der Waals surface area contributed by atoms with Gasteiger partial charge >= 0.3 is 0 Å². The van der Waals surface area contributed by atoms with Crippen LogP contribution in [0.15, 0.2) is 5.38 Å². The van der Waals surface area contributed by atoms with E-state index >= 15 is 0 Å². The highest BCUT2D eigenvalue weighted by Crippen LogP contribution is 2.20. The first-order chi connectivity index (χ1) is 7.49. The molecule has 0 saturated heterocycles. The van der Waals surface area contributed by atoms with Crippen LogP contribution in [0.1, 0.15) is 26.5 Å². The number of nitrogens with zero attached hydrogens (tertiary/aromatic N) is 1. The van der Waals surface area contributed by atoms with Crippen molar-refractivity contribution < 1.29 is 4.79 Å². The molecule has 2 N–H and O–H groups in total. The van der Waals surface area contributed by atoms with Gasteiger partial charge in [0.15, 0.2) is 5.13 Å². The second kappa shape index (κ2) is 5.30. The van der Waals surface area contributed by atoms with Crippen LogP contribution in [0.2, 0.25) is 0 Å². The number of carbonyl (C=O) groups excluding carboxylic acids is 1. The fourth-order valence-electron chi connectivity index (χ4n) is 1.27. The largest absolute Gasteiger partial charge is 0.360 e. The second-order valence-corrected chi connectivity index (χ2v) is 5.17. The van der Waals surface area contributed by atoms with E-state index in [-0.39, 0.29) is 5.91 Å². The maximum absolute atomic E-state index is 11.5. The summed E-state index contributed by atoms with van der Waals surface area (Å²) in [6.45, 7) is 6.48.